The Labute approximate surface area is 147 Å². The summed E-state index contributed by atoms with van der Waals surface area (Å²) in [5.74, 6) is 0.279. The smallest absolute Gasteiger partial charge is 0.273 e. The molecule has 0 radical (unpaired) electrons. The molecule has 7 heteroatoms. The second-order valence-electron chi connectivity index (χ2n) is 5.52. The van der Waals surface area contributed by atoms with Crippen molar-refractivity contribution in [2.24, 2.45) is 0 Å². The molecule has 25 heavy (non-hydrogen) atoms. The van der Waals surface area contributed by atoms with E-state index >= 15 is 0 Å². The van der Waals surface area contributed by atoms with Crippen LogP contribution in [0, 0.1) is 6.92 Å². The van der Waals surface area contributed by atoms with Gasteiger partial charge in [0.15, 0.2) is 11.5 Å². The van der Waals surface area contributed by atoms with Crippen molar-refractivity contribution in [2.45, 2.75) is 6.92 Å². The van der Waals surface area contributed by atoms with E-state index in [2.05, 4.69) is 20.5 Å². The third kappa shape index (κ3) is 2.99. The number of carbonyl (C=O) groups is 1. The molecule has 4 aromatic rings. The fourth-order valence-electron chi connectivity index (χ4n) is 2.56. The Hall–Kier alpha value is -3.12. The van der Waals surface area contributed by atoms with E-state index in [1.807, 2.05) is 18.2 Å². The molecule has 0 saturated heterocycles. The number of fused-ring (bicyclic) bond motifs is 1. The summed E-state index contributed by atoms with van der Waals surface area (Å²) in [4.78, 5) is 16.7. The quantitative estimate of drug-likeness (QED) is 0.571. The molecule has 0 fully saturated rings. The third-order valence-electron chi connectivity index (χ3n) is 3.72. The van der Waals surface area contributed by atoms with E-state index in [4.69, 9.17) is 16.0 Å². The van der Waals surface area contributed by atoms with Gasteiger partial charge in [-0.15, -0.1) is 0 Å². The zero-order valence-electron chi connectivity index (χ0n) is 13.2. The average Bonchev–Trinajstić information content (AvgIpc) is 3.20. The summed E-state index contributed by atoms with van der Waals surface area (Å²) in [6.07, 6.45) is 0. The predicted octanol–water partition coefficient (Wildman–Crippen LogP) is 4.43. The van der Waals surface area contributed by atoms with Crippen molar-refractivity contribution in [2.75, 3.05) is 5.32 Å². The highest BCUT2D eigenvalue weighted by molar-refractivity contribution is 6.33. The first-order chi connectivity index (χ1) is 12.1. The average molecular weight is 353 g/mol. The molecule has 0 aliphatic rings. The largest absolute Gasteiger partial charge is 0.441 e. The number of oxazole rings is 1. The minimum absolute atomic E-state index is 0.301. The lowest BCUT2D eigenvalue weighted by atomic mass is 10.1. The van der Waals surface area contributed by atoms with Crippen molar-refractivity contribution in [1.29, 1.82) is 0 Å². The second kappa shape index (κ2) is 6.07. The first kappa shape index (κ1) is 15.4. The molecule has 6 nitrogen and oxygen atoms in total. The molecule has 2 aromatic carbocycles. The molecule has 2 aromatic heterocycles. The van der Waals surface area contributed by atoms with Crippen LogP contribution < -0.4 is 5.32 Å². The summed E-state index contributed by atoms with van der Waals surface area (Å²) in [5.41, 5.74) is 3.71. The number of aryl methyl sites for hydroxylation is 1. The lowest BCUT2D eigenvalue weighted by Gasteiger charge is -2.02. The number of hydrogen-bond donors (Lipinski definition) is 2. The molecule has 0 unspecified atom stereocenters. The van der Waals surface area contributed by atoms with Gasteiger partial charge in [0.05, 0.1) is 10.7 Å². The zero-order chi connectivity index (χ0) is 17.4. The number of halogens is 1. The number of aromatic nitrogens is 3. The van der Waals surface area contributed by atoms with Crippen LogP contribution in [0.3, 0.4) is 0 Å². The van der Waals surface area contributed by atoms with Crippen LogP contribution in [0.2, 0.25) is 5.02 Å². The number of anilines is 1. The van der Waals surface area contributed by atoms with Gasteiger partial charge in [-0.05, 0) is 30.3 Å². The SMILES string of the molecule is Cc1nc2cc(NC(=O)c3cc(-c4ccccc4Cl)n[nH]3)ccc2o1. The number of amides is 1. The summed E-state index contributed by atoms with van der Waals surface area (Å²) >= 11 is 6.16. The first-order valence-corrected chi connectivity index (χ1v) is 7.97. The molecule has 4 rings (SSSR count). The maximum Gasteiger partial charge on any atom is 0.273 e. The lowest BCUT2D eigenvalue weighted by Crippen LogP contribution is -2.12. The molecule has 124 valence electrons. The van der Waals surface area contributed by atoms with E-state index < -0.39 is 0 Å². The molecule has 0 atom stereocenters. The van der Waals surface area contributed by atoms with Gasteiger partial charge in [-0.3, -0.25) is 9.89 Å². The van der Waals surface area contributed by atoms with Crippen molar-refractivity contribution < 1.29 is 9.21 Å². The van der Waals surface area contributed by atoms with Crippen LogP contribution in [-0.4, -0.2) is 21.1 Å². The number of H-pyrrole nitrogens is 1. The number of hydrogen-bond acceptors (Lipinski definition) is 4. The van der Waals surface area contributed by atoms with Gasteiger partial charge in [0.25, 0.3) is 5.91 Å². The number of benzene rings is 2. The maximum absolute atomic E-state index is 12.4. The van der Waals surface area contributed by atoms with Crippen molar-refractivity contribution in [3.05, 3.63) is 65.1 Å². The number of nitrogens with one attached hydrogen (secondary N) is 2. The molecule has 0 saturated carbocycles. The predicted molar refractivity (Wildman–Crippen MR) is 95.7 cm³/mol. The molecule has 2 heterocycles. The summed E-state index contributed by atoms with van der Waals surface area (Å²) in [7, 11) is 0. The molecular weight excluding hydrogens is 340 g/mol. The number of aromatic amines is 1. The molecule has 0 aliphatic heterocycles. The molecule has 0 aliphatic carbocycles. The van der Waals surface area contributed by atoms with Crippen LogP contribution in [0.25, 0.3) is 22.4 Å². The Kier molecular flexibility index (Phi) is 3.74. The molecule has 0 spiro atoms. The van der Waals surface area contributed by atoms with E-state index in [0.29, 0.717) is 39.1 Å². The van der Waals surface area contributed by atoms with Crippen LogP contribution >= 0.6 is 11.6 Å². The highest BCUT2D eigenvalue weighted by Crippen LogP contribution is 2.26. The van der Waals surface area contributed by atoms with Gasteiger partial charge in [0.2, 0.25) is 0 Å². The van der Waals surface area contributed by atoms with Gasteiger partial charge < -0.3 is 9.73 Å². The number of rotatable bonds is 3. The fraction of sp³-hybridized carbons (Fsp3) is 0.0556. The fourth-order valence-corrected chi connectivity index (χ4v) is 2.80. The van der Waals surface area contributed by atoms with Crippen LogP contribution in [-0.2, 0) is 0 Å². The maximum atomic E-state index is 12.4. The van der Waals surface area contributed by atoms with Crippen LogP contribution in [0.15, 0.2) is 52.9 Å². The van der Waals surface area contributed by atoms with Gasteiger partial charge >= 0.3 is 0 Å². The zero-order valence-corrected chi connectivity index (χ0v) is 14.0. The second-order valence-corrected chi connectivity index (χ2v) is 5.92. The van der Waals surface area contributed by atoms with Gasteiger partial charge in [-0.2, -0.15) is 5.10 Å². The van der Waals surface area contributed by atoms with Crippen LogP contribution in [0.1, 0.15) is 16.4 Å². The van der Waals surface area contributed by atoms with E-state index in [9.17, 15) is 4.79 Å². The number of carbonyl (C=O) groups excluding carboxylic acids is 1. The highest BCUT2D eigenvalue weighted by atomic mass is 35.5. The molecular formula is C18H13ClN4O2. The number of nitrogens with zero attached hydrogens (tertiary/aromatic N) is 2. The van der Waals surface area contributed by atoms with Gasteiger partial charge in [0.1, 0.15) is 11.2 Å². The Morgan fingerprint density at radius 2 is 2.04 bits per heavy atom. The van der Waals surface area contributed by atoms with Crippen molar-refractivity contribution in [1.82, 2.24) is 15.2 Å². The highest BCUT2D eigenvalue weighted by Gasteiger charge is 2.13. The standard InChI is InChI=1S/C18H13ClN4O2/c1-10-20-15-8-11(6-7-17(15)25-10)21-18(24)16-9-14(22-23-16)12-4-2-3-5-13(12)19/h2-9H,1H3,(H,21,24)(H,22,23). The summed E-state index contributed by atoms with van der Waals surface area (Å²) in [5, 5.41) is 10.3. The third-order valence-corrected chi connectivity index (χ3v) is 4.05. The normalized spacial score (nSPS) is 11.0. The lowest BCUT2D eigenvalue weighted by molar-refractivity contribution is 0.102. The van der Waals surface area contributed by atoms with Crippen LogP contribution in [0.5, 0.6) is 0 Å². The van der Waals surface area contributed by atoms with Crippen molar-refractivity contribution in [3.63, 3.8) is 0 Å². The first-order valence-electron chi connectivity index (χ1n) is 7.59. The Morgan fingerprint density at radius 1 is 1.20 bits per heavy atom. The molecule has 2 N–H and O–H groups in total. The van der Waals surface area contributed by atoms with Crippen LogP contribution in [0.4, 0.5) is 5.69 Å². The van der Waals surface area contributed by atoms with Gasteiger partial charge in [0, 0.05) is 18.2 Å². The van der Waals surface area contributed by atoms with Gasteiger partial charge in [-0.25, -0.2) is 4.98 Å². The van der Waals surface area contributed by atoms with Gasteiger partial charge in [-0.1, -0.05) is 29.8 Å². The van der Waals surface area contributed by atoms with E-state index in [-0.39, 0.29) is 5.91 Å². The van der Waals surface area contributed by atoms with Crippen molar-refractivity contribution >= 4 is 34.3 Å². The minimum atomic E-state index is -0.301. The van der Waals surface area contributed by atoms with E-state index in [0.717, 1.165) is 5.56 Å². The van der Waals surface area contributed by atoms with Crippen molar-refractivity contribution in [3.8, 4) is 11.3 Å². The van der Waals surface area contributed by atoms with E-state index in [1.54, 1.807) is 37.3 Å². The summed E-state index contributed by atoms with van der Waals surface area (Å²) in [6.45, 7) is 1.78. The van der Waals surface area contributed by atoms with E-state index in [1.165, 1.54) is 0 Å². The summed E-state index contributed by atoms with van der Waals surface area (Å²) in [6, 6.07) is 14.3. The molecule has 0 bridgehead atoms. The molecule has 1 amide bonds. The Morgan fingerprint density at radius 3 is 2.88 bits per heavy atom. The Balaban J connectivity index is 1.57. The monoisotopic (exact) mass is 352 g/mol. The summed E-state index contributed by atoms with van der Waals surface area (Å²) < 4.78 is 5.42. The Bertz CT molecular complexity index is 1080. The topological polar surface area (TPSA) is 83.8 Å². The minimum Gasteiger partial charge on any atom is -0.441 e.